The maximum Gasteiger partial charge on any atom is 0.470 e. The Kier molecular flexibility index (Phi) is 5.15. The predicted octanol–water partition coefficient (Wildman–Crippen LogP) is 7.68. The Morgan fingerprint density at radius 1 is 0.656 bits per heavy atom. The molecule has 4 rings (SSSR count). The number of alkyl halides is 7. The number of benzene rings is 3. The van der Waals surface area contributed by atoms with Crippen molar-refractivity contribution >= 4 is 36.6 Å². The van der Waals surface area contributed by atoms with Crippen molar-refractivity contribution in [3.05, 3.63) is 78.4 Å². The fourth-order valence-electron chi connectivity index (χ4n) is 3.30. The van der Waals surface area contributed by atoms with Crippen LogP contribution in [0.4, 0.5) is 30.7 Å². The molecule has 2 nitrogen and oxygen atoms in total. The Labute approximate surface area is 178 Å². The van der Waals surface area contributed by atoms with Crippen molar-refractivity contribution in [1.29, 1.82) is 0 Å². The summed E-state index contributed by atoms with van der Waals surface area (Å²) >= 11 is 0. The van der Waals surface area contributed by atoms with Gasteiger partial charge in [-0.15, -0.1) is 0 Å². The summed E-state index contributed by atoms with van der Waals surface area (Å²) in [7, 11) is -0.595. The molecule has 0 atom stereocenters. The molecule has 0 aliphatic rings. The van der Waals surface area contributed by atoms with Crippen LogP contribution in [-0.2, 0) is 4.74 Å². The minimum atomic E-state index is -6.49. The Bertz CT molecular complexity index is 1240. The van der Waals surface area contributed by atoms with Crippen LogP contribution in [0.15, 0.2) is 72.8 Å². The van der Waals surface area contributed by atoms with E-state index in [0.717, 1.165) is 32.3 Å². The van der Waals surface area contributed by atoms with Gasteiger partial charge in [-0.25, -0.2) is 4.79 Å². The average Bonchev–Trinajstić information content (AvgIpc) is 3.07. The lowest BCUT2D eigenvalue weighted by atomic mass is 10.2. The van der Waals surface area contributed by atoms with Gasteiger partial charge in [0.1, 0.15) is 0 Å². The maximum absolute atomic E-state index is 13.7. The number of carbonyl (C=O) groups excluding carboxylic acids is 1. The number of thiophene rings is 1. The van der Waals surface area contributed by atoms with Crippen LogP contribution in [0, 0.1) is 0 Å². The van der Waals surface area contributed by atoms with Crippen LogP contribution in [0.5, 0.6) is 0 Å². The third kappa shape index (κ3) is 3.48. The summed E-state index contributed by atoms with van der Waals surface area (Å²) < 4.78 is 94.9. The second-order valence-corrected chi connectivity index (χ2v) is 8.77. The Morgan fingerprint density at radius 3 is 1.53 bits per heavy atom. The predicted molar refractivity (Wildman–Crippen MR) is 107 cm³/mol. The van der Waals surface area contributed by atoms with Crippen molar-refractivity contribution in [2.24, 2.45) is 0 Å². The van der Waals surface area contributed by atoms with Gasteiger partial charge < -0.3 is 4.74 Å². The van der Waals surface area contributed by atoms with Gasteiger partial charge in [-0.1, -0.05) is 24.3 Å². The normalized spacial score (nSPS) is 13.0. The van der Waals surface area contributed by atoms with E-state index in [-0.39, 0.29) is 0 Å². The van der Waals surface area contributed by atoms with Crippen LogP contribution in [0.3, 0.4) is 0 Å². The van der Waals surface area contributed by atoms with Crippen LogP contribution in [0.1, 0.15) is 10.4 Å². The average molecular weight is 473 g/mol. The standard InChI is InChI=1S/C22H12F7O2S/c23-20(21(24,25)26,22(27,28)29)31-19(30)13-9-11-14(12-10-13)32-17-7-3-1-5-15(17)16-6-2-4-8-18(16)32/h1-12H/q+1. The Morgan fingerprint density at radius 2 is 1.09 bits per heavy atom. The van der Waals surface area contributed by atoms with Crippen LogP contribution < -0.4 is 0 Å². The highest BCUT2D eigenvalue weighted by Crippen LogP contribution is 2.49. The van der Waals surface area contributed by atoms with Crippen LogP contribution in [-0.4, -0.2) is 24.2 Å². The van der Waals surface area contributed by atoms with E-state index in [4.69, 9.17) is 0 Å². The first kappa shape index (κ1) is 22.1. The number of halogens is 7. The van der Waals surface area contributed by atoms with Gasteiger partial charge in [0.05, 0.1) is 5.56 Å². The van der Waals surface area contributed by atoms with Crippen LogP contribution in [0.25, 0.3) is 25.1 Å². The lowest BCUT2D eigenvalue weighted by Gasteiger charge is -2.28. The third-order valence-electron chi connectivity index (χ3n) is 4.79. The molecule has 0 bridgehead atoms. The van der Waals surface area contributed by atoms with E-state index < -0.39 is 40.2 Å². The van der Waals surface area contributed by atoms with E-state index in [1.165, 1.54) is 12.1 Å². The fourth-order valence-corrected chi connectivity index (χ4v) is 5.68. The summed E-state index contributed by atoms with van der Waals surface area (Å²) in [4.78, 5) is 12.6. The minimum absolute atomic E-state index is 0.595. The molecule has 0 saturated heterocycles. The molecule has 0 N–H and O–H groups in total. The van der Waals surface area contributed by atoms with Crippen molar-refractivity contribution in [3.63, 3.8) is 0 Å². The Balaban J connectivity index is 1.72. The van der Waals surface area contributed by atoms with E-state index in [2.05, 4.69) is 4.74 Å². The monoisotopic (exact) mass is 473 g/mol. The summed E-state index contributed by atoms with van der Waals surface area (Å²) in [6.07, 6.45) is -13.0. The number of rotatable bonds is 3. The molecule has 4 aromatic rings. The van der Waals surface area contributed by atoms with Gasteiger partial charge in [0.25, 0.3) is 0 Å². The molecular weight excluding hydrogens is 461 g/mol. The zero-order chi connectivity index (χ0) is 23.3. The van der Waals surface area contributed by atoms with Gasteiger partial charge in [-0.05, 0) is 48.5 Å². The lowest BCUT2D eigenvalue weighted by Crippen LogP contribution is -2.56. The van der Waals surface area contributed by atoms with Crippen molar-refractivity contribution in [2.45, 2.75) is 18.2 Å². The van der Waals surface area contributed by atoms with E-state index in [1.807, 2.05) is 48.5 Å². The van der Waals surface area contributed by atoms with Gasteiger partial charge in [0.2, 0.25) is 0 Å². The molecule has 3 aromatic carbocycles. The molecule has 166 valence electrons. The molecule has 0 aliphatic carbocycles. The first-order valence-corrected chi connectivity index (χ1v) is 10.2. The number of hydrogen-bond acceptors (Lipinski definition) is 2. The molecule has 0 fully saturated rings. The van der Waals surface area contributed by atoms with Crippen LogP contribution in [0.2, 0.25) is 0 Å². The number of fused-ring (bicyclic) bond motifs is 3. The van der Waals surface area contributed by atoms with Crippen molar-refractivity contribution < 1.29 is 40.3 Å². The smallest absolute Gasteiger partial charge is 0.409 e. The van der Waals surface area contributed by atoms with E-state index in [1.54, 1.807) is 0 Å². The number of carbonyl (C=O) groups is 1. The molecule has 1 heterocycles. The molecular formula is C22H12F7O2S+. The maximum atomic E-state index is 13.7. The molecule has 0 spiro atoms. The second-order valence-electron chi connectivity index (χ2n) is 6.80. The van der Waals surface area contributed by atoms with Gasteiger partial charge >= 0.3 is 24.2 Å². The highest BCUT2D eigenvalue weighted by atomic mass is 32.2. The number of esters is 1. The van der Waals surface area contributed by atoms with Crippen molar-refractivity contribution in [3.8, 4) is 4.90 Å². The largest absolute Gasteiger partial charge is 0.470 e. The third-order valence-corrected chi connectivity index (χ3v) is 7.13. The summed E-state index contributed by atoms with van der Waals surface area (Å²) in [5.41, 5.74) is -0.645. The molecule has 0 radical (unpaired) electrons. The summed E-state index contributed by atoms with van der Waals surface area (Å²) in [5, 5.41) is 2.01. The molecule has 32 heavy (non-hydrogen) atoms. The van der Waals surface area contributed by atoms with Gasteiger partial charge in [0, 0.05) is 21.2 Å². The summed E-state index contributed by atoms with van der Waals surface area (Å²) in [6.45, 7) is 0. The first-order valence-electron chi connectivity index (χ1n) is 9.02. The van der Waals surface area contributed by atoms with Crippen LogP contribution >= 0.6 is 10.5 Å². The minimum Gasteiger partial charge on any atom is -0.409 e. The highest BCUT2D eigenvalue weighted by Gasteiger charge is 2.76. The SMILES string of the molecule is O=C(OC(F)(C(F)(F)F)C(F)(F)F)c1ccc(-[s+]2c3ccccc3c3ccccc32)cc1. The van der Waals surface area contributed by atoms with Gasteiger partial charge in [-0.3, -0.25) is 0 Å². The van der Waals surface area contributed by atoms with Crippen molar-refractivity contribution in [2.75, 3.05) is 0 Å². The molecule has 0 amide bonds. The molecule has 1 aromatic heterocycles. The lowest BCUT2D eigenvalue weighted by molar-refractivity contribution is -0.413. The fraction of sp³-hybridized carbons (Fsp3) is 0.136. The van der Waals surface area contributed by atoms with E-state index >= 15 is 0 Å². The number of ether oxygens (including phenoxy) is 1. The summed E-state index contributed by atoms with van der Waals surface area (Å²) in [5.74, 6) is -8.19. The zero-order valence-electron chi connectivity index (χ0n) is 15.8. The number of hydrogen-bond donors (Lipinski definition) is 0. The zero-order valence-corrected chi connectivity index (χ0v) is 16.6. The molecule has 0 aliphatic heterocycles. The van der Waals surface area contributed by atoms with E-state index in [9.17, 15) is 35.5 Å². The molecule has 0 saturated carbocycles. The Hall–Kier alpha value is -3.14. The second kappa shape index (κ2) is 7.47. The molecule has 0 unspecified atom stereocenters. The first-order chi connectivity index (χ1) is 14.9. The topological polar surface area (TPSA) is 26.3 Å². The van der Waals surface area contributed by atoms with Gasteiger partial charge in [-0.2, -0.15) is 30.7 Å². The van der Waals surface area contributed by atoms with Gasteiger partial charge in [0.15, 0.2) is 14.3 Å². The highest BCUT2D eigenvalue weighted by molar-refractivity contribution is 7.50. The quantitative estimate of drug-likeness (QED) is 0.173. The van der Waals surface area contributed by atoms with E-state index in [0.29, 0.717) is 4.90 Å². The van der Waals surface area contributed by atoms with Crippen molar-refractivity contribution in [1.82, 2.24) is 0 Å². The molecule has 10 heteroatoms. The summed E-state index contributed by atoms with van der Waals surface area (Å²) in [6, 6.07) is 20.0.